The molecule has 106 valence electrons. The van der Waals surface area contributed by atoms with E-state index >= 15 is 0 Å². The van der Waals surface area contributed by atoms with Gasteiger partial charge in [0.2, 0.25) is 5.91 Å². The van der Waals surface area contributed by atoms with Crippen LogP contribution in [-0.4, -0.2) is 62.1 Å². The minimum atomic E-state index is -0.840. The number of nitriles is 1. The molecule has 2 heterocycles. The highest BCUT2D eigenvalue weighted by molar-refractivity contribution is 5.86. The van der Waals surface area contributed by atoms with Crippen LogP contribution in [0.4, 0.5) is 0 Å². The molecule has 1 amide bonds. The molecule has 2 rings (SSSR count). The van der Waals surface area contributed by atoms with E-state index in [4.69, 9.17) is 4.74 Å². The van der Waals surface area contributed by atoms with Gasteiger partial charge in [0.15, 0.2) is 0 Å². The van der Waals surface area contributed by atoms with Crippen LogP contribution in [0.2, 0.25) is 0 Å². The number of hydrogen-bond donors (Lipinski definition) is 0. The fourth-order valence-corrected chi connectivity index (χ4v) is 3.08. The lowest BCUT2D eigenvalue weighted by Crippen LogP contribution is -2.50. The first-order valence-electron chi connectivity index (χ1n) is 7.04. The van der Waals surface area contributed by atoms with Crippen LogP contribution in [-0.2, 0) is 9.53 Å². The van der Waals surface area contributed by atoms with Gasteiger partial charge in [-0.2, -0.15) is 5.26 Å². The van der Waals surface area contributed by atoms with Crippen LogP contribution in [0.3, 0.4) is 0 Å². The average Bonchev–Trinajstić information content (AvgIpc) is 2.85. The summed E-state index contributed by atoms with van der Waals surface area (Å²) in [6, 6.07) is 2.54. The Hall–Kier alpha value is -1.12. The van der Waals surface area contributed by atoms with Gasteiger partial charge in [-0.25, -0.2) is 0 Å². The number of amides is 1. The van der Waals surface area contributed by atoms with Gasteiger partial charge in [-0.05, 0) is 39.8 Å². The number of ether oxygens (including phenoxy) is 1. The SMILES string of the molecule is CN(C)CC1CCCN1C(=O)C1(C#N)CCOCC1. The van der Waals surface area contributed by atoms with E-state index in [0.29, 0.717) is 26.1 Å². The minimum absolute atomic E-state index is 0.0302. The summed E-state index contributed by atoms with van der Waals surface area (Å²) >= 11 is 0. The summed E-state index contributed by atoms with van der Waals surface area (Å²) in [6.07, 6.45) is 3.16. The lowest BCUT2D eigenvalue weighted by molar-refractivity contribution is -0.144. The second kappa shape index (κ2) is 5.89. The number of likely N-dealkylation sites (N-methyl/N-ethyl adjacent to an activating group) is 1. The Bertz CT molecular complexity index is 369. The molecule has 2 fully saturated rings. The molecular weight excluding hydrogens is 242 g/mol. The van der Waals surface area contributed by atoms with Gasteiger partial charge in [-0.1, -0.05) is 0 Å². The highest BCUT2D eigenvalue weighted by atomic mass is 16.5. The molecule has 5 heteroatoms. The first-order chi connectivity index (χ1) is 9.09. The second-order valence-electron chi connectivity index (χ2n) is 5.86. The van der Waals surface area contributed by atoms with Crippen molar-refractivity contribution in [1.82, 2.24) is 9.80 Å². The second-order valence-corrected chi connectivity index (χ2v) is 5.86. The van der Waals surface area contributed by atoms with Gasteiger partial charge in [0.05, 0.1) is 6.07 Å². The molecule has 1 atom stereocenters. The van der Waals surface area contributed by atoms with Gasteiger partial charge in [-0.15, -0.1) is 0 Å². The largest absolute Gasteiger partial charge is 0.381 e. The Morgan fingerprint density at radius 3 is 2.74 bits per heavy atom. The molecule has 0 saturated carbocycles. The number of nitrogens with zero attached hydrogens (tertiary/aromatic N) is 3. The van der Waals surface area contributed by atoms with Crippen molar-refractivity contribution in [1.29, 1.82) is 5.26 Å². The van der Waals surface area contributed by atoms with Crippen molar-refractivity contribution < 1.29 is 9.53 Å². The maximum atomic E-state index is 12.8. The molecule has 5 nitrogen and oxygen atoms in total. The van der Waals surface area contributed by atoms with Gasteiger partial charge in [0, 0.05) is 32.3 Å². The molecule has 0 bridgehead atoms. The average molecular weight is 265 g/mol. The number of rotatable bonds is 3. The van der Waals surface area contributed by atoms with E-state index < -0.39 is 5.41 Å². The van der Waals surface area contributed by atoms with E-state index in [0.717, 1.165) is 25.9 Å². The van der Waals surface area contributed by atoms with Crippen LogP contribution in [0.5, 0.6) is 0 Å². The van der Waals surface area contributed by atoms with Crippen molar-refractivity contribution in [3.63, 3.8) is 0 Å². The third-order valence-corrected chi connectivity index (χ3v) is 4.18. The summed E-state index contributed by atoms with van der Waals surface area (Å²) in [5.41, 5.74) is -0.840. The standard InChI is InChI=1S/C14H23N3O2/c1-16(2)10-12-4-3-7-17(12)13(18)14(11-15)5-8-19-9-6-14/h12H,3-10H2,1-2H3. The normalized spacial score (nSPS) is 26.4. The Labute approximate surface area is 115 Å². The van der Waals surface area contributed by atoms with E-state index in [9.17, 15) is 10.1 Å². The maximum absolute atomic E-state index is 12.8. The third-order valence-electron chi connectivity index (χ3n) is 4.18. The van der Waals surface area contributed by atoms with E-state index in [-0.39, 0.29) is 11.9 Å². The molecule has 1 unspecified atom stereocenters. The molecule has 0 spiro atoms. The molecular formula is C14H23N3O2. The fourth-order valence-electron chi connectivity index (χ4n) is 3.08. The van der Waals surface area contributed by atoms with Crippen LogP contribution >= 0.6 is 0 Å². The highest BCUT2D eigenvalue weighted by Gasteiger charge is 2.45. The van der Waals surface area contributed by atoms with Crippen molar-refractivity contribution in [3.8, 4) is 6.07 Å². The van der Waals surface area contributed by atoms with Gasteiger partial charge in [0.1, 0.15) is 5.41 Å². The summed E-state index contributed by atoms with van der Waals surface area (Å²) < 4.78 is 5.30. The van der Waals surface area contributed by atoms with Crippen LogP contribution in [0.25, 0.3) is 0 Å². The predicted octanol–water partition coefficient (Wildman–Crippen LogP) is 0.859. The smallest absolute Gasteiger partial charge is 0.243 e. The predicted molar refractivity (Wildman–Crippen MR) is 71.4 cm³/mol. The molecule has 0 N–H and O–H groups in total. The third kappa shape index (κ3) is 2.90. The van der Waals surface area contributed by atoms with E-state index in [1.165, 1.54) is 0 Å². The summed E-state index contributed by atoms with van der Waals surface area (Å²) in [4.78, 5) is 16.8. The van der Waals surface area contributed by atoms with E-state index in [1.807, 2.05) is 19.0 Å². The summed E-state index contributed by atoms with van der Waals surface area (Å²) in [5.74, 6) is 0.0302. The molecule has 2 saturated heterocycles. The molecule has 0 radical (unpaired) electrons. The molecule has 2 aliphatic heterocycles. The zero-order valence-corrected chi connectivity index (χ0v) is 11.9. The highest BCUT2D eigenvalue weighted by Crippen LogP contribution is 2.34. The number of carbonyl (C=O) groups is 1. The van der Waals surface area contributed by atoms with Crippen molar-refractivity contribution in [2.24, 2.45) is 5.41 Å². The Morgan fingerprint density at radius 1 is 1.47 bits per heavy atom. The van der Waals surface area contributed by atoms with E-state index in [1.54, 1.807) is 0 Å². The molecule has 0 aliphatic carbocycles. The van der Waals surface area contributed by atoms with Crippen molar-refractivity contribution in [3.05, 3.63) is 0 Å². The lowest BCUT2D eigenvalue weighted by Gasteiger charge is -2.36. The molecule has 2 aliphatic rings. The zero-order valence-electron chi connectivity index (χ0n) is 11.9. The van der Waals surface area contributed by atoms with Crippen molar-refractivity contribution in [2.45, 2.75) is 31.7 Å². The van der Waals surface area contributed by atoms with Gasteiger partial charge in [-0.3, -0.25) is 4.79 Å². The number of hydrogen-bond acceptors (Lipinski definition) is 4. The Balaban J connectivity index is 2.11. The van der Waals surface area contributed by atoms with Crippen molar-refractivity contribution in [2.75, 3.05) is 40.4 Å². The molecule has 19 heavy (non-hydrogen) atoms. The van der Waals surface area contributed by atoms with Crippen molar-refractivity contribution >= 4 is 5.91 Å². The van der Waals surface area contributed by atoms with Gasteiger partial charge < -0.3 is 14.5 Å². The maximum Gasteiger partial charge on any atom is 0.243 e. The lowest BCUT2D eigenvalue weighted by atomic mass is 9.80. The van der Waals surface area contributed by atoms with Crippen LogP contribution in [0.1, 0.15) is 25.7 Å². The topological polar surface area (TPSA) is 56.6 Å². The molecule has 0 aromatic carbocycles. The first-order valence-corrected chi connectivity index (χ1v) is 7.04. The minimum Gasteiger partial charge on any atom is -0.381 e. The summed E-state index contributed by atoms with van der Waals surface area (Å²) in [5, 5.41) is 9.48. The Kier molecular flexibility index (Phi) is 4.43. The van der Waals surface area contributed by atoms with Gasteiger partial charge >= 0.3 is 0 Å². The first kappa shape index (κ1) is 14.3. The quantitative estimate of drug-likeness (QED) is 0.759. The number of carbonyl (C=O) groups excluding carboxylic acids is 1. The van der Waals surface area contributed by atoms with E-state index in [2.05, 4.69) is 11.0 Å². The summed E-state index contributed by atoms with van der Waals surface area (Å²) in [6.45, 7) is 2.71. The zero-order chi connectivity index (χ0) is 13.9. The van der Waals surface area contributed by atoms with Gasteiger partial charge in [0.25, 0.3) is 0 Å². The fraction of sp³-hybridized carbons (Fsp3) is 0.857. The molecule has 0 aromatic heterocycles. The monoisotopic (exact) mass is 265 g/mol. The van der Waals surface area contributed by atoms with Crippen LogP contribution in [0, 0.1) is 16.7 Å². The Morgan fingerprint density at radius 2 is 2.16 bits per heavy atom. The van der Waals surface area contributed by atoms with Crippen LogP contribution < -0.4 is 0 Å². The molecule has 0 aromatic rings. The van der Waals surface area contributed by atoms with Crippen LogP contribution in [0.15, 0.2) is 0 Å². The number of likely N-dealkylation sites (tertiary alicyclic amines) is 1. The summed E-state index contributed by atoms with van der Waals surface area (Å²) in [7, 11) is 4.05.